The Morgan fingerprint density at radius 1 is 1.09 bits per heavy atom. The van der Waals surface area contributed by atoms with Crippen molar-refractivity contribution in [3.05, 3.63) is 21.5 Å². The van der Waals surface area contributed by atoms with Gasteiger partial charge in [-0.1, -0.05) is 0 Å². The van der Waals surface area contributed by atoms with Gasteiger partial charge in [-0.25, -0.2) is 0 Å². The second-order valence-electron chi connectivity index (χ2n) is 7.08. The molecule has 22 heavy (non-hydrogen) atoms. The van der Waals surface area contributed by atoms with E-state index in [9.17, 15) is 12.3 Å². The summed E-state index contributed by atoms with van der Waals surface area (Å²) in [5, 5.41) is 0. The van der Waals surface area contributed by atoms with E-state index in [0.29, 0.717) is 12.4 Å². The van der Waals surface area contributed by atoms with Crippen LogP contribution in [0.4, 0.5) is 3.89 Å². The maximum absolute atomic E-state index is 13.2. The van der Waals surface area contributed by atoms with Crippen LogP contribution in [0.1, 0.15) is 48.5 Å². The zero-order valence-corrected chi connectivity index (χ0v) is 17.3. The zero-order valence-electron chi connectivity index (χ0n) is 14.2. The number of rotatable bonds is 4. The van der Waals surface area contributed by atoms with Gasteiger partial charge in [-0.05, 0) is 0 Å². The summed E-state index contributed by atoms with van der Waals surface area (Å²) < 4.78 is 47.7. The Morgan fingerprint density at radius 2 is 1.64 bits per heavy atom. The van der Waals surface area contributed by atoms with E-state index in [1.807, 2.05) is 60.6 Å². The first-order valence-corrected chi connectivity index (χ1v) is 11.7. The Kier molecular flexibility index (Phi) is 6.06. The standard InChI is InChI=1S/C15H25FO4STe/c1-8-19-11-9-12(14(2,3)4)22(20-21(16,17)18)13(10-11)15(5,6)7/h9-10H,8H2,1-7H3. The summed E-state index contributed by atoms with van der Waals surface area (Å²) in [5.41, 5.74) is -0.650. The molecule has 0 bridgehead atoms. The normalized spacial score (nSPS) is 18.1. The Labute approximate surface area is 140 Å². The quantitative estimate of drug-likeness (QED) is 0.489. The molecule has 0 amide bonds. The van der Waals surface area contributed by atoms with Gasteiger partial charge in [-0.15, -0.1) is 0 Å². The SMILES string of the molecule is CCOC1=CC(C(C)(C)C)=[Te](OS(=O)(=O)F)C(C(C)(C)C)=C1. The number of hydrogen-bond acceptors (Lipinski definition) is 4. The molecule has 1 aliphatic heterocycles. The second kappa shape index (κ2) is 6.72. The van der Waals surface area contributed by atoms with Gasteiger partial charge >= 0.3 is 141 Å². The summed E-state index contributed by atoms with van der Waals surface area (Å²) in [6, 6.07) is 0. The summed E-state index contributed by atoms with van der Waals surface area (Å²) in [4.78, 5) is 0. The summed E-state index contributed by atoms with van der Waals surface area (Å²) in [7, 11) is -5.00. The van der Waals surface area contributed by atoms with Crippen molar-refractivity contribution < 1.29 is 19.6 Å². The van der Waals surface area contributed by atoms with Crippen LogP contribution >= 0.6 is 0 Å². The van der Waals surface area contributed by atoms with Gasteiger partial charge in [-0.3, -0.25) is 0 Å². The average Bonchev–Trinajstić information content (AvgIpc) is 2.26. The molecule has 1 heterocycles. The van der Waals surface area contributed by atoms with Crippen LogP contribution in [-0.4, -0.2) is 38.1 Å². The summed E-state index contributed by atoms with van der Waals surface area (Å²) >= 11 is -3.01. The summed E-state index contributed by atoms with van der Waals surface area (Å²) in [6.45, 7) is 14.2. The molecule has 128 valence electrons. The molecule has 0 fully saturated rings. The third-order valence-electron chi connectivity index (χ3n) is 2.88. The Morgan fingerprint density at radius 3 is 2.00 bits per heavy atom. The van der Waals surface area contributed by atoms with Crippen molar-refractivity contribution in [3.8, 4) is 0 Å². The molecule has 7 heteroatoms. The van der Waals surface area contributed by atoms with Crippen LogP contribution in [0.5, 0.6) is 0 Å². The van der Waals surface area contributed by atoms with Crippen LogP contribution in [0.25, 0.3) is 0 Å². The molecule has 1 aliphatic rings. The van der Waals surface area contributed by atoms with E-state index in [4.69, 9.17) is 7.28 Å². The molecule has 0 N–H and O–H groups in total. The maximum atomic E-state index is 13.2. The fraction of sp³-hybridized carbons (Fsp3) is 0.667. The first-order chi connectivity index (χ1) is 9.75. The molecule has 0 saturated heterocycles. The number of hydrogen-bond donors (Lipinski definition) is 0. The molecule has 4 nitrogen and oxygen atoms in total. The minimum absolute atomic E-state index is 0.325. The van der Waals surface area contributed by atoms with Crippen molar-refractivity contribution in [2.45, 2.75) is 48.5 Å². The van der Waals surface area contributed by atoms with E-state index in [0.717, 1.165) is 7.17 Å². The van der Waals surface area contributed by atoms with Gasteiger partial charge in [-0.2, -0.15) is 0 Å². The molecule has 0 aliphatic carbocycles. The fourth-order valence-electron chi connectivity index (χ4n) is 1.92. The van der Waals surface area contributed by atoms with Gasteiger partial charge in [0.2, 0.25) is 0 Å². The van der Waals surface area contributed by atoms with Crippen LogP contribution in [0.2, 0.25) is 0 Å². The number of allylic oxidation sites excluding steroid dienone is 3. The minimum atomic E-state index is -5.00. The first-order valence-electron chi connectivity index (χ1n) is 7.08. The van der Waals surface area contributed by atoms with Gasteiger partial charge in [0, 0.05) is 0 Å². The monoisotopic (exact) mass is 450 g/mol. The fourth-order valence-corrected chi connectivity index (χ4v) is 10.0. The van der Waals surface area contributed by atoms with Crippen molar-refractivity contribution in [1.82, 2.24) is 0 Å². The molecule has 0 spiro atoms. The summed E-state index contributed by atoms with van der Waals surface area (Å²) in [5.74, 6) is 0.675. The Bertz CT molecular complexity index is 631. The molecule has 1 rings (SSSR count). The molecule has 0 saturated carbocycles. The van der Waals surface area contributed by atoms with E-state index in [-0.39, 0.29) is 10.8 Å². The van der Waals surface area contributed by atoms with Crippen LogP contribution in [0, 0.1) is 10.8 Å². The summed E-state index contributed by atoms with van der Waals surface area (Å²) in [6.07, 6.45) is 3.64. The van der Waals surface area contributed by atoms with Crippen molar-refractivity contribution >= 4 is 33.5 Å². The molecule has 0 unspecified atom stereocenters. The van der Waals surface area contributed by atoms with Gasteiger partial charge in [0.25, 0.3) is 0 Å². The predicted molar refractivity (Wildman–Crippen MR) is 88.6 cm³/mol. The first kappa shape index (κ1) is 19.8. The number of halogens is 1. The van der Waals surface area contributed by atoms with Crippen molar-refractivity contribution in [2.75, 3.05) is 6.61 Å². The molecule has 0 radical (unpaired) electrons. The Balaban J connectivity index is 3.63. The van der Waals surface area contributed by atoms with E-state index in [1.165, 1.54) is 0 Å². The van der Waals surface area contributed by atoms with E-state index >= 15 is 0 Å². The molecular formula is C15H25FO4STe. The number of ether oxygens (including phenoxy) is 1. The zero-order chi connectivity index (χ0) is 17.3. The van der Waals surface area contributed by atoms with Crippen LogP contribution in [0.3, 0.4) is 0 Å². The Hall–Kier alpha value is -0.220. The van der Waals surface area contributed by atoms with Crippen LogP contribution in [-0.2, 0) is 17.8 Å². The molecular weight excluding hydrogens is 423 g/mol. The third kappa shape index (κ3) is 5.45. The average molecular weight is 448 g/mol. The molecule has 0 aromatic heterocycles. The third-order valence-corrected chi connectivity index (χ3v) is 12.2. The van der Waals surface area contributed by atoms with Crippen molar-refractivity contribution in [1.29, 1.82) is 0 Å². The topological polar surface area (TPSA) is 52.6 Å². The van der Waals surface area contributed by atoms with Crippen LogP contribution < -0.4 is 0 Å². The van der Waals surface area contributed by atoms with Crippen molar-refractivity contribution in [2.24, 2.45) is 10.8 Å². The van der Waals surface area contributed by atoms with Gasteiger partial charge in [0.1, 0.15) is 0 Å². The van der Waals surface area contributed by atoms with E-state index in [1.54, 1.807) is 0 Å². The second-order valence-corrected chi connectivity index (χ2v) is 13.2. The van der Waals surface area contributed by atoms with E-state index < -0.39 is 30.0 Å². The van der Waals surface area contributed by atoms with Crippen molar-refractivity contribution in [3.63, 3.8) is 0 Å². The molecule has 0 aromatic carbocycles. The van der Waals surface area contributed by atoms with Gasteiger partial charge in [0.15, 0.2) is 0 Å². The molecule has 0 aromatic rings. The predicted octanol–water partition coefficient (Wildman–Crippen LogP) is 3.45. The van der Waals surface area contributed by atoms with Gasteiger partial charge in [0.05, 0.1) is 0 Å². The van der Waals surface area contributed by atoms with E-state index in [2.05, 4.69) is 0 Å². The van der Waals surface area contributed by atoms with Gasteiger partial charge < -0.3 is 0 Å². The molecule has 0 atom stereocenters. The van der Waals surface area contributed by atoms with Crippen LogP contribution in [0.15, 0.2) is 21.5 Å².